The van der Waals surface area contributed by atoms with Crippen molar-refractivity contribution < 1.29 is 9.59 Å². The van der Waals surface area contributed by atoms with Gasteiger partial charge in [-0.05, 0) is 38.5 Å². The number of amides is 1. The number of allylic oxidation sites excluding steroid dienone is 6. The van der Waals surface area contributed by atoms with Gasteiger partial charge in [-0.1, -0.05) is 62.6 Å². The van der Waals surface area contributed by atoms with E-state index < -0.39 is 0 Å². The van der Waals surface area contributed by atoms with Gasteiger partial charge in [0.05, 0.1) is 6.54 Å². The molecule has 0 saturated heterocycles. The highest BCUT2D eigenvalue weighted by atomic mass is 16.2. The van der Waals surface area contributed by atoms with E-state index in [1.54, 1.807) is 0 Å². The van der Waals surface area contributed by atoms with Crippen LogP contribution in [0.15, 0.2) is 36.5 Å². The molecular weight excluding hydrogens is 286 g/mol. The number of aldehydes is 1. The molecule has 0 aromatic heterocycles. The first-order chi connectivity index (χ1) is 11.3. The molecule has 0 radical (unpaired) electrons. The van der Waals surface area contributed by atoms with Crippen LogP contribution in [0.2, 0.25) is 0 Å². The Labute approximate surface area is 141 Å². The minimum Gasteiger partial charge on any atom is -0.349 e. The van der Waals surface area contributed by atoms with Crippen LogP contribution in [0.1, 0.15) is 71.1 Å². The molecule has 0 aromatic rings. The number of hydrogen-bond donors (Lipinski definition) is 1. The van der Waals surface area contributed by atoms with Crippen LogP contribution in [-0.4, -0.2) is 18.7 Å². The van der Waals surface area contributed by atoms with Crippen LogP contribution in [0.25, 0.3) is 0 Å². The molecule has 1 amide bonds. The molecule has 0 aromatic carbocycles. The zero-order valence-corrected chi connectivity index (χ0v) is 14.6. The van der Waals surface area contributed by atoms with Crippen LogP contribution in [0, 0.1) is 0 Å². The van der Waals surface area contributed by atoms with Crippen LogP contribution in [0.3, 0.4) is 0 Å². The molecule has 0 aliphatic rings. The monoisotopic (exact) mass is 319 g/mol. The average Bonchev–Trinajstić information content (AvgIpc) is 2.56. The van der Waals surface area contributed by atoms with Gasteiger partial charge in [0.1, 0.15) is 6.29 Å². The second-order valence-electron chi connectivity index (χ2n) is 5.57. The highest BCUT2D eigenvalue weighted by Gasteiger charge is 1.99. The molecule has 23 heavy (non-hydrogen) atoms. The van der Waals surface area contributed by atoms with Gasteiger partial charge in [-0.3, -0.25) is 4.79 Å². The molecule has 0 fully saturated rings. The molecular formula is C20H33NO2. The molecule has 3 nitrogen and oxygen atoms in total. The molecule has 0 bridgehead atoms. The van der Waals surface area contributed by atoms with E-state index in [1.165, 1.54) is 19.3 Å². The normalized spacial score (nSPS) is 11.7. The van der Waals surface area contributed by atoms with Crippen molar-refractivity contribution in [3.8, 4) is 0 Å². The summed E-state index contributed by atoms with van der Waals surface area (Å²) in [6.45, 7) is 2.28. The van der Waals surface area contributed by atoms with Gasteiger partial charge < -0.3 is 10.1 Å². The molecule has 0 heterocycles. The molecule has 0 saturated carbocycles. The first kappa shape index (κ1) is 21.4. The molecule has 3 heteroatoms. The molecule has 0 rings (SSSR count). The van der Waals surface area contributed by atoms with Gasteiger partial charge in [-0.2, -0.15) is 0 Å². The fourth-order valence-electron chi connectivity index (χ4n) is 2.15. The Bertz CT molecular complexity index is 370. The number of carbonyl (C=O) groups is 2. The van der Waals surface area contributed by atoms with Gasteiger partial charge in [-0.25, -0.2) is 0 Å². The molecule has 0 aliphatic carbocycles. The topological polar surface area (TPSA) is 46.2 Å². The van der Waals surface area contributed by atoms with Crippen molar-refractivity contribution in [2.45, 2.75) is 71.1 Å². The summed E-state index contributed by atoms with van der Waals surface area (Å²) in [5, 5.41) is 2.56. The number of rotatable bonds is 15. The lowest BCUT2D eigenvalue weighted by Crippen LogP contribution is -2.24. The smallest absolute Gasteiger partial charge is 0.220 e. The van der Waals surface area contributed by atoms with E-state index in [4.69, 9.17) is 0 Å². The first-order valence-electron chi connectivity index (χ1n) is 8.96. The number of carbonyl (C=O) groups excluding carboxylic acids is 2. The van der Waals surface area contributed by atoms with E-state index in [-0.39, 0.29) is 12.5 Å². The van der Waals surface area contributed by atoms with Gasteiger partial charge in [0.25, 0.3) is 0 Å². The minimum atomic E-state index is -0.0155. The van der Waals surface area contributed by atoms with Crippen molar-refractivity contribution >= 4 is 12.2 Å². The summed E-state index contributed by atoms with van der Waals surface area (Å²) in [5.41, 5.74) is 0. The lowest BCUT2D eigenvalue weighted by Gasteiger charge is -2.01. The Hall–Kier alpha value is -1.64. The predicted octanol–water partition coefficient (Wildman–Crippen LogP) is 4.89. The zero-order chi connectivity index (χ0) is 17.0. The average molecular weight is 319 g/mol. The third kappa shape index (κ3) is 18.3. The van der Waals surface area contributed by atoms with Crippen molar-refractivity contribution in [1.82, 2.24) is 5.32 Å². The van der Waals surface area contributed by atoms with Crippen molar-refractivity contribution in [3.63, 3.8) is 0 Å². The summed E-state index contributed by atoms with van der Waals surface area (Å²) in [4.78, 5) is 21.3. The van der Waals surface area contributed by atoms with Crippen LogP contribution >= 0.6 is 0 Å². The summed E-state index contributed by atoms with van der Waals surface area (Å²) in [7, 11) is 0. The Morgan fingerprint density at radius 3 is 2.13 bits per heavy atom. The largest absolute Gasteiger partial charge is 0.349 e. The third-order valence-electron chi connectivity index (χ3n) is 3.44. The molecule has 0 atom stereocenters. The molecule has 0 aliphatic heterocycles. The summed E-state index contributed by atoms with van der Waals surface area (Å²) >= 11 is 0. The highest BCUT2D eigenvalue weighted by molar-refractivity contribution is 5.78. The summed E-state index contributed by atoms with van der Waals surface area (Å²) < 4.78 is 0. The minimum absolute atomic E-state index is 0.0155. The third-order valence-corrected chi connectivity index (χ3v) is 3.44. The quantitative estimate of drug-likeness (QED) is 0.265. The highest BCUT2D eigenvalue weighted by Crippen LogP contribution is 2.07. The van der Waals surface area contributed by atoms with E-state index in [0.717, 1.165) is 38.5 Å². The molecule has 130 valence electrons. The van der Waals surface area contributed by atoms with Crippen LogP contribution < -0.4 is 5.32 Å². The Morgan fingerprint density at radius 1 is 0.826 bits per heavy atom. The molecule has 0 spiro atoms. The maximum Gasteiger partial charge on any atom is 0.220 e. The van der Waals surface area contributed by atoms with E-state index in [9.17, 15) is 9.59 Å². The summed E-state index contributed by atoms with van der Waals surface area (Å²) in [6, 6.07) is 0. The van der Waals surface area contributed by atoms with Crippen molar-refractivity contribution in [1.29, 1.82) is 0 Å². The van der Waals surface area contributed by atoms with Gasteiger partial charge in [0.2, 0.25) is 5.91 Å². The second kappa shape index (κ2) is 18.4. The van der Waals surface area contributed by atoms with Gasteiger partial charge in [-0.15, -0.1) is 0 Å². The van der Waals surface area contributed by atoms with Crippen LogP contribution in [-0.2, 0) is 9.59 Å². The lowest BCUT2D eigenvalue weighted by molar-refractivity contribution is -0.122. The SMILES string of the molecule is CC/C=C\C/C=C\C/C=C\CCCCCCCC(=O)NCC=O. The Balaban J connectivity index is 3.29. The van der Waals surface area contributed by atoms with Crippen molar-refractivity contribution in [2.24, 2.45) is 0 Å². The Morgan fingerprint density at radius 2 is 1.43 bits per heavy atom. The van der Waals surface area contributed by atoms with E-state index in [1.807, 2.05) is 0 Å². The maximum absolute atomic E-state index is 11.2. The van der Waals surface area contributed by atoms with E-state index >= 15 is 0 Å². The van der Waals surface area contributed by atoms with E-state index in [2.05, 4.69) is 48.7 Å². The number of hydrogen-bond acceptors (Lipinski definition) is 2. The Kier molecular flexibility index (Phi) is 17.1. The zero-order valence-electron chi connectivity index (χ0n) is 14.6. The predicted molar refractivity (Wildman–Crippen MR) is 98.3 cm³/mol. The standard InChI is InChI=1S/C20H33NO2/c1-2-3-4-5-6-7-8-9-10-11-12-13-14-15-16-17-20(23)21-18-19-22/h3-4,6-7,9-10,19H,2,5,8,11-18H2,1H3,(H,21,23)/b4-3-,7-6-,10-9-. The fraction of sp³-hybridized carbons (Fsp3) is 0.600. The van der Waals surface area contributed by atoms with Crippen LogP contribution in [0.4, 0.5) is 0 Å². The van der Waals surface area contributed by atoms with Crippen LogP contribution in [0.5, 0.6) is 0 Å². The lowest BCUT2D eigenvalue weighted by atomic mass is 10.1. The fourth-order valence-corrected chi connectivity index (χ4v) is 2.15. The first-order valence-corrected chi connectivity index (χ1v) is 8.96. The maximum atomic E-state index is 11.2. The van der Waals surface area contributed by atoms with E-state index in [0.29, 0.717) is 12.7 Å². The summed E-state index contributed by atoms with van der Waals surface area (Å²) in [5.74, 6) is -0.0155. The number of nitrogens with one attached hydrogen (secondary N) is 1. The summed E-state index contributed by atoms with van der Waals surface area (Å²) in [6.07, 6.45) is 24.5. The van der Waals surface area contributed by atoms with Gasteiger partial charge >= 0.3 is 0 Å². The van der Waals surface area contributed by atoms with Crippen molar-refractivity contribution in [3.05, 3.63) is 36.5 Å². The number of unbranched alkanes of at least 4 members (excludes halogenated alkanes) is 5. The van der Waals surface area contributed by atoms with Gasteiger partial charge in [0, 0.05) is 6.42 Å². The van der Waals surface area contributed by atoms with Gasteiger partial charge in [0.15, 0.2) is 0 Å². The second-order valence-corrected chi connectivity index (χ2v) is 5.57. The molecule has 1 N–H and O–H groups in total. The molecule has 0 unspecified atom stereocenters. The van der Waals surface area contributed by atoms with Crippen molar-refractivity contribution in [2.75, 3.05) is 6.54 Å².